The molecule has 2 aliphatic carbocycles. The van der Waals surface area contributed by atoms with Gasteiger partial charge in [-0.3, -0.25) is 4.79 Å². The van der Waals surface area contributed by atoms with E-state index in [2.05, 4.69) is 15.6 Å². The number of amides is 1. The van der Waals surface area contributed by atoms with Crippen molar-refractivity contribution in [2.75, 3.05) is 7.11 Å². The topological polar surface area (TPSA) is 116 Å². The van der Waals surface area contributed by atoms with Gasteiger partial charge < -0.3 is 19.9 Å². The van der Waals surface area contributed by atoms with Gasteiger partial charge in [0.05, 0.1) is 37.6 Å². The van der Waals surface area contributed by atoms with Crippen molar-refractivity contribution in [3.63, 3.8) is 0 Å². The molecule has 0 spiro atoms. The molecule has 2 N–H and O–H groups in total. The minimum atomic E-state index is -0.975. The van der Waals surface area contributed by atoms with E-state index in [0.717, 1.165) is 25.7 Å². The third-order valence-electron chi connectivity index (χ3n) is 6.38. The van der Waals surface area contributed by atoms with E-state index in [0.29, 0.717) is 30.5 Å². The Labute approximate surface area is 183 Å². The van der Waals surface area contributed by atoms with Gasteiger partial charge in [-0.1, -0.05) is 31.9 Å². The van der Waals surface area contributed by atoms with Crippen LogP contribution in [0.15, 0.2) is 17.8 Å². The average Bonchev–Trinajstić information content (AvgIpc) is 3.42. The normalized spacial score (nSPS) is 25.4. The van der Waals surface area contributed by atoms with Gasteiger partial charge >= 0.3 is 5.97 Å². The second-order valence-electron chi connectivity index (χ2n) is 8.54. The number of aromatic nitrogens is 3. The summed E-state index contributed by atoms with van der Waals surface area (Å²) in [4.78, 5) is 24.4. The van der Waals surface area contributed by atoms with Gasteiger partial charge in [-0.15, -0.1) is 5.10 Å². The summed E-state index contributed by atoms with van der Waals surface area (Å²) >= 11 is 0. The van der Waals surface area contributed by atoms with Gasteiger partial charge in [-0.05, 0) is 31.8 Å². The number of aliphatic hydroxyl groups is 1. The Bertz CT molecular complexity index is 811. The van der Waals surface area contributed by atoms with Crippen LogP contribution in [0, 0.1) is 0 Å². The van der Waals surface area contributed by atoms with Crippen LogP contribution in [-0.2, 0) is 24.7 Å². The molecule has 9 nitrogen and oxygen atoms in total. The number of nitrogens with one attached hydrogen (secondary N) is 1. The summed E-state index contributed by atoms with van der Waals surface area (Å²) in [7, 11) is 1.35. The smallest absolute Gasteiger partial charge is 0.333 e. The fourth-order valence-electron chi connectivity index (χ4n) is 4.59. The lowest BCUT2D eigenvalue weighted by molar-refractivity contribution is -0.137. The highest BCUT2D eigenvalue weighted by Crippen LogP contribution is 2.38. The quantitative estimate of drug-likeness (QED) is 0.602. The van der Waals surface area contributed by atoms with Crippen LogP contribution in [0.4, 0.5) is 0 Å². The van der Waals surface area contributed by atoms with Crippen LogP contribution in [0.25, 0.3) is 0 Å². The van der Waals surface area contributed by atoms with Gasteiger partial charge in [-0.2, -0.15) is 0 Å². The van der Waals surface area contributed by atoms with Gasteiger partial charge in [-0.25, -0.2) is 9.48 Å². The highest BCUT2D eigenvalue weighted by molar-refractivity contribution is 5.89. The molecule has 0 aliphatic heterocycles. The first-order valence-electron chi connectivity index (χ1n) is 11.2. The van der Waals surface area contributed by atoms with Gasteiger partial charge in [0.1, 0.15) is 11.3 Å². The number of methoxy groups -OCH3 is 1. The van der Waals surface area contributed by atoms with Crippen molar-refractivity contribution in [1.82, 2.24) is 20.3 Å². The first kappa shape index (κ1) is 23.4. The first-order chi connectivity index (χ1) is 14.8. The van der Waals surface area contributed by atoms with Crippen LogP contribution >= 0.6 is 0 Å². The van der Waals surface area contributed by atoms with Crippen LogP contribution < -0.4 is 5.32 Å². The summed E-state index contributed by atoms with van der Waals surface area (Å²) in [5.41, 5.74) is 0.0146. The van der Waals surface area contributed by atoms with Crippen LogP contribution in [0.5, 0.6) is 0 Å². The average molecular weight is 435 g/mol. The van der Waals surface area contributed by atoms with E-state index in [1.54, 1.807) is 17.0 Å². The molecule has 1 amide bonds. The molecule has 9 heteroatoms. The van der Waals surface area contributed by atoms with Crippen LogP contribution in [0.2, 0.25) is 0 Å². The maximum Gasteiger partial charge on any atom is 0.333 e. The minimum absolute atomic E-state index is 0.00409. The number of ether oxygens (including phenoxy) is 2. The van der Waals surface area contributed by atoms with Gasteiger partial charge in [0.2, 0.25) is 5.91 Å². The molecule has 1 aromatic heterocycles. The van der Waals surface area contributed by atoms with Crippen LogP contribution in [0.3, 0.4) is 0 Å². The van der Waals surface area contributed by atoms with Crippen molar-refractivity contribution < 1.29 is 24.2 Å². The Morgan fingerprint density at radius 1 is 1.32 bits per heavy atom. The molecule has 0 radical (unpaired) electrons. The number of carbonyl (C=O) groups excluding carboxylic acids is 2. The summed E-state index contributed by atoms with van der Waals surface area (Å²) in [5, 5.41) is 22.4. The molecular weight excluding hydrogens is 400 g/mol. The fraction of sp³-hybridized carbons (Fsp3) is 0.727. The van der Waals surface area contributed by atoms with Crippen LogP contribution in [-0.4, -0.2) is 57.3 Å². The van der Waals surface area contributed by atoms with Gasteiger partial charge in [0.25, 0.3) is 0 Å². The maximum absolute atomic E-state index is 12.4. The van der Waals surface area contributed by atoms with Gasteiger partial charge in [0.15, 0.2) is 0 Å². The highest BCUT2D eigenvalue weighted by atomic mass is 16.5. The molecule has 1 fully saturated rings. The Hall–Kier alpha value is -2.26. The predicted octanol–water partition coefficient (Wildman–Crippen LogP) is 2.16. The number of hydrogen-bond donors (Lipinski definition) is 2. The molecular formula is C22H34N4O5. The Morgan fingerprint density at radius 2 is 2.00 bits per heavy atom. The summed E-state index contributed by atoms with van der Waals surface area (Å²) < 4.78 is 12.9. The maximum atomic E-state index is 12.4. The summed E-state index contributed by atoms with van der Waals surface area (Å²) in [5.74, 6) is -0.628. The van der Waals surface area contributed by atoms with E-state index in [1.807, 2.05) is 13.8 Å². The fourth-order valence-corrected chi connectivity index (χ4v) is 4.59. The molecule has 2 aliphatic rings. The van der Waals surface area contributed by atoms with Crippen molar-refractivity contribution in [1.29, 1.82) is 0 Å². The second-order valence-corrected chi connectivity index (χ2v) is 8.54. The summed E-state index contributed by atoms with van der Waals surface area (Å²) in [6.07, 6.45) is 8.21. The molecule has 1 saturated carbocycles. The largest absolute Gasteiger partial charge is 0.466 e. The number of nitrogens with zero attached hydrogens (tertiary/aromatic N) is 3. The summed E-state index contributed by atoms with van der Waals surface area (Å²) in [6.45, 7) is 5.55. The van der Waals surface area contributed by atoms with E-state index in [9.17, 15) is 14.7 Å². The van der Waals surface area contributed by atoms with E-state index in [-0.39, 0.29) is 12.0 Å². The van der Waals surface area contributed by atoms with E-state index in [1.165, 1.54) is 14.0 Å². The lowest BCUT2D eigenvalue weighted by Crippen LogP contribution is -2.52. The molecule has 3 atom stereocenters. The molecule has 0 aromatic carbocycles. The molecule has 0 saturated heterocycles. The Balaban J connectivity index is 1.99. The minimum Gasteiger partial charge on any atom is -0.466 e. The van der Waals surface area contributed by atoms with E-state index < -0.39 is 29.8 Å². The monoisotopic (exact) mass is 434 g/mol. The molecule has 3 rings (SSSR count). The van der Waals surface area contributed by atoms with Crippen molar-refractivity contribution in [2.24, 2.45) is 0 Å². The Kier molecular flexibility index (Phi) is 7.48. The Morgan fingerprint density at radius 3 is 2.58 bits per heavy atom. The number of carbonyl (C=O) groups is 2. The van der Waals surface area contributed by atoms with Crippen molar-refractivity contribution in [2.45, 2.75) is 95.6 Å². The third kappa shape index (κ3) is 5.15. The lowest BCUT2D eigenvalue weighted by Gasteiger charge is -2.38. The zero-order valence-corrected chi connectivity index (χ0v) is 18.8. The molecule has 0 bridgehead atoms. The lowest BCUT2D eigenvalue weighted by atomic mass is 9.87. The predicted molar refractivity (Wildman–Crippen MR) is 113 cm³/mol. The molecule has 0 unspecified atom stereocenters. The van der Waals surface area contributed by atoms with Crippen molar-refractivity contribution in [3.05, 3.63) is 23.5 Å². The second kappa shape index (κ2) is 9.91. The van der Waals surface area contributed by atoms with Crippen molar-refractivity contribution >= 4 is 11.9 Å². The molecule has 1 aromatic rings. The molecule has 31 heavy (non-hydrogen) atoms. The zero-order valence-electron chi connectivity index (χ0n) is 18.8. The van der Waals surface area contributed by atoms with E-state index >= 15 is 0 Å². The molecule has 172 valence electrons. The third-order valence-corrected chi connectivity index (χ3v) is 6.38. The zero-order chi connectivity index (χ0) is 22.6. The van der Waals surface area contributed by atoms with Gasteiger partial charge in [0, 0.05) is 18.9 Å². The van der Waals surface area contributed by atoms with Crippen LogP contribution in [0.1, 0.15) is 77.5 Å². The van der Waals surface area contributed by atoms with E-state index in [4.69, 9.17) is 9.47 Å². The summed E-state index contributed by atoms with van der Waals surface area (Å²) in [6, 6.07) is -0.948. The highest BCUT2D eigenvalue weighted by Gasteiger charge is 2.41. The van der Waals surface area contributed by atoms with Crippen molar-refractivity contribution in [3.8, 4) is 0 Å². The first-order valence-corrected chi connectivity index (χ1v) is 11.2. The number of esters is 1. The number of hydrogen-bond acceptors (Lipinski definition) is 7. The number of rotatable bonds is 8. The molecule has 1 heterocycles. The SMILES string of the molecule is CCC(CC)O[C@@H]1CC(C(=O)OC)=C[C@H](n2cc(C3(O)CCCC3)nn2)[C@H]1NC(C)=O. The standard InChI is InChI=1S/C22H34N4O5/c1-5-16(6-2)31-18-12-15(21(28)30-4)11-17(20(18)23-14(3)27)26-13-19(24-25-26)22(29)9-7-8-10-22/h11,13,16-18,20,29H,5-10,12H2,1-4H3,(H,23,27)/t17-,18+,20+/m0/s1.